The number of aromatic nitrogens is 2. The van der Waals surface area contributed by atoms with Gasteiger partial charge in [-0.15, -0.1) is 0 Å². The Labute approximate surface area is 102 Å². The molecule has 0 spiro atoms. The highest BCUT2D eigenvalue weighted by Gasteiger charge is 2.07. The highest BCUT2D eigenvalue weighted by Crippen LogP contribution is 2.11. The lowest BCUT2D eigenvalue weighted by molar-refractivity contribution is 0.585. The molecular weight excluding hydrogens is 210 g/mol. The Morgan fingerprint density at radius 2 is 2.06 bits per heavy atom. The van der Waals surface area contributed by atoms with Gasteiger partial charge in [0.05, 0.1) is 5.69 Å². The molecule has 17 heavy (non-hydrogen) atoms. The Bertz CT molecular complexity index is 448. The highest BCUT2D eigenvalue weighted by atomic mass is 15.0. The van der Waals surface area contributed by atoms with Crippen LogP contribution in [0.4, 0.5) is 0 Å². The van der Waals surface area contributed by atoms with Crippen molar-refractivity contribution in [3.63, 3.8) is 0 Å². The number of hydrogen-bond donors (Lipinski definition) is 2. The van der Waals surface area contributed by atoms with E-state index >= 15 is 0 Å². The quantitative estimate of drug-likeness (QED) is 0.827. The van der Waals surface area contributed by atoms with E-state index in [4.69, 9.17) is 0 Å². The molecule has 0 aliphatic heterocycles. The molecule has 0 radical (unpaired) electrons. The van der Waals surface area contributed by atoms with Gasteiger partial charge in [0, 0.05) is 18.7 Å². The van der Waals surface area contributed by atoms with Crippen LogP contribution in [0.15, 0.2) is 36.5 Å². The van der Waals surface area contributed by atoms with Crippen LogP contribution in [0.2, 0.25) is 0 Å². The normalized spacial score (nSPS) is 12.6. The van der Waals surface area contributed by atoms with Gasteiger partial charge in [0.25, 0.3) is 0 Å². The van der Waals surface area contributed by atoms with Crippen LogP contribution in [0.1, 0.15) is 37.0 Å². The maximum absolute atomic E-state index is 4.42. The first-order chi connectivity index (χ1) is 8.29. The van der Waals surface area contributed by atoms with E-state index in [-0.39, 0.29) is 0 Å². The molecule has 0 saturated heterocycles. The number of rotatable bonds is 5. The monoisotopic (exact) mass is 229 g/mol. The number of nitrogens with zero attached hydrogens (tertiary/aromatic N) is 1. The molecular formula is C14H19N3. The van der Waals surface area contributed by atoms with Gasteiger partial charge in [-0.1, -0.05) is 37.3 Å². The predicted molar refractivity (Wildman–Crippen MR) is 69.9 cm³/mol. The maximum Gasteiger partial charge on any atom is 0.110 e. The van der Waals surface area contributed by atoms with Crippen molar-refractivity contribution in [1.82, 2.24) is 15.3 Å². The molecule has 0 amide bonds. The van der Waals surface area contributed by atoms with Gasteiger partial charge in [-0.05, 0) is 19.0 Å². The molecule has 1 aromatic carbocycles. The summed E-state index contributed by atoms with van der Waals surface area (Å²) in [5.74, 6) is 1.02. The first kappa shape index (κ1) is 11.9. The number of benzene rings is 1. The van der Waals surface area contributed by atoms with Crippen molar-refractivity contribution in [1.29, 1.82) is 0 Å². The summed E-state index contributed by atoms with van der Waals surface area (Å²) < 4.78 is 0. The maximum atomic E-state index is 4.42. The Morgan fingerprint density at radius 3 is 2.76 bits per heavy atom. The van der Waals surface area contributed by atoms with E-state index in [2.05, 4.69) is 53.4 Å². The second-order valence-corrected chi connectivity index (χ2v) is 4.23. The van der Waals surface area contributed by atoms with Crippen LogP contribution in [-0.4, -0.2) is 16.5 Å². The van der Waals surface area contributed by atoms with Crippen LogP contribution in [-0.2, 0) is 6.42 Å². The van der Waals surface area contributed by atoms with Crippen molar-refractivity contribution in [3.05, 3.63) is 53.6 Å². The SMILES string of the molecule is CCNC(C)c1cnc(Cc2ccccc2)[nH]1. The summed E-state index contributed by atoms with van der Waals surface area (Å²) in [6, 6.07) is 10.7. The summed E-state index contributed by atoms with van der Waals surface area (Å²) >= 11 is 0. The largest absolute Gasteiger partial charge is 0.344 e. The average molecular weight is 229 g/mol. The molecule has 0 aliphatic carbocycles. The molecule has 2 N–H and O–H groups in total. The van der Waals surface area contributed by atoms with E-state index in [1.54, 1.807) is 0 Å². The number of H-pyrrole nitrogens is 1. The summed E-state index contributed by atoms with van der Waals surface area (Å²) in [7, 11) is 0. The zero-order valence-corrected chi connectivity index (χ0v) is 10.4. The third-order valence-corrected chi connectivity index (χ3v) is 2.84. The van der Waals surface area contributed by atoms with Gasteiger partial charge in [-0.25, -0.2) is 4.98 Å². The highest BCUT2D eigenvalue weighted by molar-refractivity contribution is 5.20. The Balaban J connectivity index is 2.04. The lowest BCUT2D eigenvalue weighted by Crippen LogP contribution is -2.17. The van der Waals surface area contributed by atoms with Crippen molar-refractivity contribution in [2.75, 3.05) is 6.54 Å². The molecule has 0 saturated carbocycles. The smallest absolute Gasteiger partial charge is 0.110 e. The van der Waals surface area contributed by atoms with E-state index in [9.17, 15) is 0 Å². The van der Waals surface area contributed by atoms with Crippen molar-refractivity contribution >= 4 is 0 Å². The zero-order chi connectivity index (χ0) is 12.1. The fraction of sp³-hybridized carbons (Fsp3) is 0.357. The molecule has 0 aliphatic rings. The summed E-state index contributed by atoms with van der Waals surface area (Å²) in [6.45, 7) is 5.22. The first-order valence-corrected chi connectivity index (χ1v) is 6.10. The van der Waals surface area contributed by atoms with Crippen molar-refractivity contribution < 1.29 is 0 Å². The fourth-order valence-corrected chi connectivity index (χ4v) is 1.89. The Morgan fingerprint density at radius 1 is 1.29 bits per heavy atom. The van der Waals surface area contributed by atoms with Crippen LogP contribution in [0.3, 0.4) is 0 Å². The molecule has 90 valence electrons. The van der Waals surface area contributed by atoms with Crippen LogP contribution in [0.25, 0.3) is 0 Å². The van der Waals surface area contributed by atoms with E-state index in [0.717, 1.165) is 24.5 Å². The summed E-state index contributed by atoms with van der Waals surface area (Å²) in [5, 5.41) is 3.37. The van der Waals surface area contributed by atoms with Crippen LogP contribution >= 0.6 is 0 Å². The van der Waals surface area contributed by atoms with Gasteiger partial charge in [0.1, 0.15) is 5.82 Å². The van der Waals surface area contributed by atoms with Gasteiger partial charge in [-0.2, -0.15) is 0 Å². The molecule has 0 bridgehead atoms. The standard InChI is InChI=1S/C14H19N3/c1-3-15-11(2)13-10-16-14(17-13)9-12-7-5-4-6-8-12/h4-8,10-11,15H,3,9H2,1-2H3,(H,16,17). The minimum atomic E-state index is 0.331. The summed E-state index contributed by atoms with van der Waals surface area (Å²) in [5.41, 5.74) is 2.43. The Hall–Kier alpha value is -1.61. The van der Waals surface area contributed by atoms with Gasteiger partial charge < -0.3 is 10.3 Å². The van der Waals surface area contributed by atoms with Crippen LogP contribution in [0, 0.1) is 0 Å². The van der Waals surface area contributed by atoms with Gasteiger partial charge in [0.15, 0.2) is 0 Å². The topological polar surface area (TPSA) is 40.7 Å². The molecule has 1 atom stereocenters. The van der Waals surface area contributed by atoms with Gasteiger partial charge in [0.2, 0.25) is 0 Å². The van der Waals surface area contributed by atoms with E-state index in [1.807, 2.05) is 12.3 Å². The molecule has 1 heterocycles. The second-order valence-electron chi connectivity index (χ2n) is 4.23. The third-order valence-electron chi connectivity index (χ3n) is 2.84. The first-order valence-electron chi connectivity index (χ1n) is 6.10. The van der Waals surface area contributed by atoms with Gasteiger partial charge in [-0.3, -0.25) is 0 Å². The van der Waals surface area contributed by atoms with Crippen molar-refractivity contribution in [3.8, 4) is 0 Å². The van der Waals surface area contributed by atoms with Crippen molar-refractivity contribution in [2.24, 2.45) is 0 Å². The molecule has 0 fully saturated rings. The lowest BCUT2D eigenvalue weighted by atomic mass is 10.1. The molecule has 3 heteroatoms. The zero-order valence-electron chi connectivity index (χ0n) is 10.4. The predicted octanol–water partition coefficient (Wildman–Crippen LogP) is 2.67. The van der Waals surface area contributed by atoms with E-state index in [0.29, 0.717) is 6.04 Å². The lowest BCUT2D eigenvalue weighted by Gasteiger charge is -2.08. The number of nitrogens with one attached hydrogen (secondary N) is 2. The minimum Gasteiger partial charge on any atom is -0.344 e. The Kier molecular flexibility index (Phi) is 3.94. The third kappa shape index (κ3) is 3.17. The van der Waals surface area contributed by atoms with E-state index < -0.39 is 0 Å². The summed E-state index contributed by atoms with van der Waals surface area (Å²) in [4.78, 5) is 7.79. The molecule has 2 rings (SSSR count). The van der Waals surface area contributed by atoms with Crippen molar-refractivity contribution in [2.45, 2.75) is 26.3 Å². The number of hydrogen-bond acceptors (Lipinski definition) is 2. The molecule has 2 aromatic rings. The minimum absolute atomic E-state index is 0.331. The fourth-order valence-electron chi connectivity index (χ4n) is 1.89. The second kappa shape index (κ2) is 5.64. The number of aromatic amines is 1. The molecule has 1 aromatic heterocycles. The molecule has 1 unspecified atom stereocenters. The van der Waals surface area contributed by atoms with Crippen LogP contribution < -0.4 is 5.32 Å². The molecule has 3 nitrogen and oxygen atoms in total. The van der Waals surface area contributed by atoms with E-state index in [1.165, 1.54) is 5.56 Å². The summed E-state index contributed by atoms with van der Waals surface area (Å²) in [6.07, 6.45) is 2.78. The van der Waals surface area contributed by atoms with Gasteiger partial charge >= 0.3 is 0 Å². The average Bonchev–Trinajstić information content (AvgIpc) is 2.79. The van der Waals surface area contributed by atoms with Crippen LogP contribution in [0.5, 0.6) is 0 Å². The number of imidazole rings is 1.